The van der Waals surface area contributed by atoms with Crippen LogP contribution in [0.5, 0.6) is 0 Å². The second kappa shape index (κ2) is 9.67. The summed E-state index contributed by atoms with van der Waals surface area (Å²) >= 11 is 1.32. The number of anilines is 1. The number of hydrogen-bond acceptors (Lipinski definition) is 6. The van der Waals surface area contributed by atoms with Crippen LogP contribution in [0.2, 0.25) is 0 Å². The zero-order chi connectivity index (χ0) is 20.8. The number of carbonyl (C=O) groups is 3. The highest BCUT2D eigenvalue weighted by Crippen LogP contribution is 2.35. The van der Waals surface area contributed by atoms with E-state index in [1.807, 2.05) is 30.3 Å². The highest BCUT2D eigenvalue weighted by Gasteiger charge is 2.24. The number of likely N-dealkylation sites (N-methyl/N-ethyl adjacent to an activating group) is 1. The van der Waals surface area contributed by atoms with Crippen molar-refractivity contribution in [2.45, 2.75) is 25.8 Å². The molecule has 0 aliphatic heterocycles. The van der Waals surface area contributed by atoms with Gasteiger partial charge >= 0.3 is 5.97 Å². The third-order valence-electron chi connectivity index (χ3n) is 4.31. The van der Waals surface area contributed by atoms with Crippen molar-refractivity contribution in [3.63, 3.8) is 0 Å². The summed E-state index contributed by atoms with van der Waals surface area (Å²) in [6.45, 7) is 2.18. The van der Waals surface area contributed by atoms with E-state index < -0.39 is 5.97 Å². The van der Waals surface area contributed by atoms with E-state index in [-0.39, 0.29) is 31.5 Å². The van der Waals surface area contributed by atoms with E-state index >= 15 is 0 Å². The molecule has 2 N–H and O–H groups in total. The first kappa shape index (κ1) is 21.0. The van der Waals surface area contributed by atoms with Gasteiger partial charge in [0, 0.05) is 10.9 Å². The number of thiophene rings is 1. The van der Waals surface area contributed by atoms with E-state index in [0.717, 1.165) is 23.3 Å². The number of hydrogen-bond donors (Lipinski definition) is 2. The van der Waals surface area contributed by atoms with Gasteiger partial charge in [-0.25, -0.2) is 4.79 Å². The topological polar surface area (TPSA) is 87.7 Å². The average molecular weight is 416 g/mol. The van der Waals surface area contributed by atoms with Gasteiger partial charge in [-0.3, -0.25) is 14.5 Å². The molecule has 0 spiro atoms. The molecule has 0 atom stereocenters. The maximum atomic E-state index is 12.5. The summed E-state index contributed by atoms with van der Waals surface area (Å²) in [4.78, 5) is 39.2. The van der Waals surface area contributed by atoms with Gasteiger partial charge in [0.05, 0.1) is 25.3 Å². The third kappa shape index (κ3) is 6.13. The first-order valence-corrected chi connectivity index (χ1v) is 10.4. The molecule has 3 rings (SSSR count). The Morgan fingerprint density at radius 3 is 2.48 bits per heavy atom. The fraction of sp³-hybridized carbons (Fsp3) is 0.381. The highest BCUT2D eigenvalue weighted by molar-refractivity contribution is 7.20. The smallest absolute Gasteiger partial charge is 0.341 e. The van der Waals surface area contributed by atoms with Gasteiger partial charge in [-0.05, 0) is 38.4 Å². The van der Waals surface area contributed by atoms with Gasteiger partial charge in [0.15, 0.2) is 0 Å². The van der Waals surface area contributed by atoms with Crippen molar-refractivity contribution >= 4 is 34.1 Å². The second-order valence-corrected chi connectivity index (χ2v) is 8.05. The van der Waals surface area contributed by atoms with Crippen LogP contribution in [-0.4, -0.2) is 55.5 Å². The SMILES string of the molecule is CCOC(=O)c1cc(-c2ccccc2)sc1NC(=O)CN(C)CC(=O)NC1CC1. The minimum atomic E-state index is -0.474. The first-order chi connectivity index (χ1) is 14.0. The molecule has 1 aliphatic rings. The summed E-state index contributed by atoms with van der Waals surface area (Å²) in [6.07, 6.45) is 2.05. The summed E-state index contributed by atoms with van der Waals surface area (Å²) in [5.74, 6) is -0.852. The molecule has 2 aromatic rings. The molecule has 1 saturated carbocycles. The van der Waals surface area contributed by atoms with Crippen LogP contribution in [0.3, 0.4) is 0 Å². The highest BCUT2D eigenvalue weighted by atomic mass is 32.1. The minimum absolute atomic E-state index is 0.0406. The molecule has 8 heteroatoms. The molecule has 1 heterocycles. The Labute approximate surface area is 174 Å². The number of ether oxygens (including phenoxy) is 1. The van der Waals surface area contributed by atoms with Crippen molar-refractivity contribution in [3.8, 4) is 10.4 Å². The van der Waals surface area contributed by atoms with E-state index in [4.69, 9.17) is 4.74 Å². The van der Waals surface area contributed by atoms with Gasteiger partial charge in [0.25, 0.3) is 0 Å². The van der Waals surface area contributed by atoms with Crippen molar-refractivity contribution in [1.82, 2.24) is 10.2 Å². The normalized spacial score (nSPS) is 13.2. The van der Waals surface area contributed by atoms with Crippen LogP contribution < -0.4 is 10.6 Å². The molecule has 154 valence electrons. The van der Waals surface area contributed by atoms with Gasteiger partial charge in [-0.15, -0.1) is 11.3 Å². The van der Waals surface area contributed by atoms with Crippen LogP contribution in [0.1, 0.15) is 30.1 Å². The number of esters is 1. The van der Waals surface area contributed by atoms with Crippen molar-refractivity contribution < 1.29 is 19.1 Å². The molecule has 1 fully saturated rings. The molecule has 1 aliphatic carbocycles. The standard InChI is InChI=1S/C21H25N3O4S/c1-3-28-21(27)16-11-17(14-7-5-4-6-8-14)29-20(16)23-19(26)13-24(2)12-18(25)22-15-9-10-15/h4-8,11,15H,3,9-10,12-13H2,1-2H3,(H,22,25)(H,23,26). The molecule has 1 aromatic carbocycles. The molecule has 2 amide bonds. The van der Waals surface area contributed by atoms with E-state index in [0.29, 0.717) is 16.6 Å². The summed E-state index contributed by atoms with van der Waals surface area (Å²) < 4.78 is 5.13. The van der Waals surface area contributed by atoms with Gasteiger partial charge in [-0.1, -0.05) is 30.3 Å². The van der Waals surface area contributed by atoms with Crippen LogP contribution in [-0.2, 0) is 14.3 Å². The maximum absolute atomic E-state index is 12.5. The predicted molar refractivity (Wildman–Crippen MR) is 113 cm³/mol. The van der Waals surface area contributed by atoms with Crippen molar-refractivity contribution in [1.29, 1.82) is 0 Å². The predicted octanol–water partition coefficient (Wildman–Crippen LogP) is 2.74. The Hall–Kier alpha value is -2.71. The monoisotopic (exact) mass is 415 g/mol. The van der Waals surface area contributed by atoms with E-state index in [9.17, 15) is 14.4 Å². The van der Waals surface area contributed by atoms with Gasteiger partial charge in [0.2, 0.25) is 11.8 Å². The molecule has 0 unspecified atom stereocenters. The Balaban J connectivity index is 1.67. The number of nitrogens with zero attached hydrogens (tertiary/aromatic N) is 1. The fourth-order valence-electron chi connectivity index (χ4n) is 2.80. The van der Waals surface area contributed by atoms with E-state index in [2.05, 4.69) is 10.6 Å². The Morgan fingerprint density at radius 1 is 1.14 bits per heavy atom. The Bertz CT molecular complexity index is 877. The third-order valence-corrected chi connectivity index (χ3v) is 5.41. The van der Waals surface area contributed by atoms with Gasteiger partial charge in [0.1, 0.15) is 5.00 Å². The second-order valence-electron chi connectivity index (χ2n) is 7.00. The van der Waals surface area contributed by atoms with Crippen molar-refractivity contribution in [2.24, 2.45) is 0 Å². The van der Waals surface area contributed by atoms with Crippen molar-refractivity contribution in [2.75, 3.05) is 32.1 Å². The van der Waals surface area contributed by atoms with Crippen molar-refractivity contribution in [3.05, 3.63) is 42.0 Å². The fourth-order valence-corrected chi connectivity index (χ4v) is 3.87. The van der Waals surface area contributed by atoms with Crippen LogP contribution in [0.15, 0.2) is 36.4 Å². The zero-order valence-corrected chi connectivity index (χ0v) is 17.4. The number of benzene rings is 1. The molecule has 7 nitrogen and oxygen atoms in total. The van der Waals surface area contributed by atoms with Crippen LogP contribution in [0.4, 0.5) is 5.00 Å². The molecular formula is C21H25N3O4S. The molecule has 0 bridgehead atoms. The number of rotatable bonds is 9. The average Bonchev–Trinajstić information content (AvgIpc) is 3.38. The molecule has 29 heavy (non-hydrogen) atoms. The largest absolute Gasteiger partial charge is 0.462 e. The zero-order valence-electron chi connectivity index (χ0n) is 16.6. The minimum Gasteiger partial charge on any atom is -0.462 e. The Morgan fingerprint density at radius 2 is 1.83 bits per heavy atom. The van der Waals surface area contributed by atoms with Gasteiger partial charge < -0.3 is 15.4 Å². The summed E-state index contributed by atoms with van der Waals surface area (Å²) in [6, 6.07) is 11.7. The lowest BCUT2D eigenvalue weighted by Crippen LogP contribution is -2.39. The maximum Gasteiger partial charge on any atom is 0.341 e. The summed E-state index contributed by atoms with van der Waals surface area (Å²) in [7, 11) is 1.71. The summed E-state index contributed by atoms with van der Waals surface area (Å²) in [5.41, 5.74) is 1.29. The molecular weight excluding hydrogens is 390 g/mol. The lowest BCUT2D eigenvalue weighted by molar-refractivity contribution is -0.123. The van der Waals surface area contributed by atoms with Crippen LogP contribution >= 0.6 is 11.3 Å². The van der Waals surface area contributed by atoms with E-state index in [1.165, 1.54) is 11.3 Å². The number of carbonyl (C=O) groups excluding carboxylic acids is 3. The molecule has 1 aromatic heterocycles. The molecule has 0 radical (unpaired) electrons. The lowest BCUT2D eigenvalue weighted by Gasteiger charge is -2.15. The quantitative estimate of drug-likeness (QED) is 0.615. The first-order valence-electron chi connectivity index (χ1n) is 9.60. The van der Waals surface area contributed by atoms with Crippen LogP contribution in [0, 0.1) is 0 Å². The lowest BCUT2D eigenvalue weighted by atomic mass is 10.1. The number of amides is 2. The number of nitrogens with one attached hydrogen (secondary N) is 2. The van der Waals surface area contributed by atoms with E-state index in [1.54, 1.807) is 24.9 Å². The van der Waals surface area contributed by atoms with Crippen LogP contribution in [0.25, 0.3) is 10.4 Å². The summed E-state index contributed by atoms with van der Waals surface area (Å²) in [5, 5.41) is 6.15. The Kier molecular flexibility index (Phi) is 7.00. The molecule has 0 saturated heterocycles. The van der Waals surface area contributed by atoms with Gasteiger partial charge in [-0.2, -0.15) is 0 Å².